The van der Waals surface area contributed by atoms with Crippen molar-refractivity contribution in [2.45, 2.75) is 44.9 Å². The summed E-state index contributed by atoms with van der Waals surface area (Å²) in [4.78, 5) is 12.1. The van der Waals surface area contributed by atoms with Crippen molar-refractivity contribution in [3.63, 3.8) is 0 Å². The highest BCUT2D eigenvalue weighted by Crippen LogP contribution is 2.32. The van der Waals surface area contributed by atoms with Gasteiger partial charge >= 0.3 is 12.1 Å². The first-order valence-electron chi connectivity index (χ1n) is 9.69. The van der Waals surface area contributed by atoms with Crippen molar-refractivity contribution < 1.29 is 18.0 Å². The molecule has 2 aliphatic rings. The van der Waals surface area contributed by atoms with Gasteiger partial charge < -0.3 is 10.2 Å². The second kappa shape index (κ2) is 9.40. The summed E-state index contributed by atoms with van der Waals surface area (Å²) in [5.41, 5.74) is 4.70. The van der Waals surface area contributed by atoms with E-state index in [1.165, 1.54) is 15.6 Å². The molecule has 3 nitrogen and oxygen atoms in total. The fraction of sp³-hybridized carbons (Fsp3) is 0.409. The lowest BCUT2D eigenvalue weighted by Gasteiger charge is -2.33. The molecule has 8 heteroatoms. The first kappa shape index (κ1) is 23.3. The van der Waals surface area contributed by atoms with Gasteiger partial charge in [0.2, 0.25) is 0 Å². The highest BCUT2D eigenvalue weighted by atomic mass is 79.9. The number of nitrogens with one attached hydrogen (secondary N) is 1. The average Bonchev–Trinajstić information content (AvgIpc) is 2.66. The summed E-state index contributed by atoms with van der Waals surface area (Å²) >= 11 is 6.76. The molecule has 2 aromatic rings. The van der Waals surface area contributed by atoms with Crippen LogP contribution in [0.25, 0.3) is 0 Å². The smallest absolute Gasteiger partial charge is 0.330 e. The molecule has 4 rings (SSSR count). The number of hydrogen-bond donors (Lipinski definition) is 1. The predicted molar refractivity (Wildman–Crippen MR) is 118 cm³/mol. The molecular weight excluding hydrogens is 525 g/mol. The molecule has 1 amide bonds. The zero-order valence-electron chi connectivity index (χ0n) is 16.7. The fourth-order valence-electron chi connectivity index (χ4n) is 3.97. The Labute approximate surface area is 191 Å². The molecule has 0 aromatic heterocycles. The van der Waals surface area contributed by atoms with Crippen molar-refractivity contribution in [3.05, 3.63) is 67.6 Å². The summed E-state index contributed by atoms with van der Waals surface area (Å²) in [5, 5.41) is 3.40. The number of fused-ring (bicyclic) bond motifs is 2. The van der Waals surface area contributed by atoms with E-state index in [0.717, 1.165) is 33.6 Å². The van der Waals surface area contributed by atoms with E-state index in [0.29, 0.717) is 5.92 Å². The molecule has 0 bridgehead atoms. The highest BCUT2D eigenvalue weighted by Gasteiger charge is 2.43. The van der Waals surface area contributed by atoms with Crippen LogP contribution in [0.3, 0.4) is 0 Å². The largest absolute Gasteiger partial charge is 0.471 e. The van der Waals surface area contributed by atoms with Crippen LogP contribution in [0.2, 0.25) is 0 Å². The SMILES string of the molecule is CC1CN(C(=O)C(F)(F)F)Cc2cc(Br)ccc21.CC1CNCc2cc(Br)ccc21. The number of carbonyl (C=O) groups is 1. The maximum atomic E-state index is 12.4. The van der Waals surface area contributed by atoms with E-state index in [1.54, 1.807) is 6.07 Å². The van der Waals surface area contributed by atoms with Crippen LogP contribution >= 0.6 is 31.9 Å². The first-order valence-corrected chi connectivity index (χ1v) is 11.3. The van der Waals surface area contributed by atoms with Crippen LogP contribution in [0.4, 0.5) is 13.2 Å². The van der Waals surface area contributed by atoms with Gasteiger partial charge in [-0.1, -0.05) is 57.8 Å². The number of halogens is 5. The number of amides is 1. The van der Waals surface area contributed by atoms with Crippen LogP contribution in [0, 0.1) is 0 Å². The number of rotatable bonds is 0. The third kappa shape index (κ3) is 5.45. The molecular formula is C22H23Br2F3N2O. The summed E-state index contributed by atoms with van der Waals surface area (Å²) in [5.74, 6) is -1.20. The van der Waals surface area contributed by atoms with E-state index < -0.39 is 12.1 Å². The third-order valence-corrected chi connectivity index (χ3v) is 6.41. The lowest BCUT2D eigenvalue weighted by molar-refractivity contribution is -0.186. The van der Waals surface area contributed by atoms with Gasteiger partial charge in [-0.3, -0.25) is 4.79 Å². The quantitative estimate of drug-likeness (QED) is 0.431. The van der Waals surface area contributed by atoms with Gasteiger partial charge in [0.05, 0.1) is 0 Å². The molecule has 0 saturated heterocycles. The van der Waals surface area contributed by atoms with E-state index >= 15 is 0 Å². The summed E-state index contributed by atoms with van der Waals surface area (Å²) in [6.07, 6.45) is -4.80. The van der Waals surface area contributed by atoms with Gasteiger partial charge in [0.1, 0.15) is 0 Å². The van der Waals surface area contributed by atoms with E-state index in [1.807, 2.05) is 19.1 Å². The van der Waals surface area contributed by atoms with Gasteiger partial charge in [-0.2, -0.15) is 13.2 Å². The molecule has 30 heavy (non-hydrogen) atoms. The predicted octanol–water partition coefficient (Wildman–Crippen LogP) is 6.11. The van der Waals surface area contributed by atoms with Gasteiger partial charge in [0.25, 0.3) is 0 Å². The van der Waals surface area contributed by atoms with Crippen LogP contribution in [-0.2, 0) is 17.9 Å². The van der Waals surface area contributed by atoms with Crippen LogP contribution in [0.1, 0.15) is 47.9 Å². The Kier molecular flexibility index (Phi) is 7.30. The Morgan fingerprint density at radius 1 is 1.00 bits per heavy atom. The first-order chi connectivity index (χ1) is 14.1. The molecule has 162 valence electrons. The molecule has 0 spiro atoms. The van der Waals surface area contributed by atoms with Gasteiger partial charge in [0.15, 0.2) is 0 Å². The maximum absolute atomic E-state index is 12.4. The molecule has 0 saturated carbocycles. The number of benzene rings is 2. The lowest BCUT2D eigenvalue weighted by atomic mass is 9.91. The second-order valence-electron chi connectivity index (χ2n) is 7.80. The van der Waals surface area contributed by atoms with Crippen molar-refractivity contribution in [1.82, 2.24) is 10.2 Å². The number of alkyl halides is 3. The number of carbonyl (C=O) groups excluding carboxylic acids is 1. The zero-order chi connectivity index (χ0) is 22.1. The summed E-state index contributed by atoms with van der Waals surface area (Å²) in [6, 6.07) is 12.1. The third-order valence-electron chi connectivity index (χ3n) is 5.42. The highest BCUT2D eigenvalue weighted by molar-refractivity contribution is 9.10. The summed E-state index contributed by atoms with van der Waals surface area (Å²) < 4.78 is 39.2. The van der Waals surface area contributed by atoms with E-state index in [9.17, 15) is 18.0 Å². The monoisotopic (exact) mass is 546 g/mol. The Balaban J connectivity index is 0.000000184. The molecule has 1 N–H and O–H groups in total. The van der Waals surface area contributed by atoms with Crippen LogP contribution in [-0.4, -0.2) is 30.1 Å². The molecule has 2 atom stereocenters. The lowest BCUT2D eigenvalue weighted by Crippen LogP contribution is -2.44. The zero-order valence-corrected chi connectivity index (χ0v) is 19.9. The number of nitrogens with zero attached hydrogens (tertiary/aromatic N) is 1. The Hall–Kier alpha value is -1.38. The molecule has 0 aliphatic carbocycles. The van der Waals surface area contributed by atoms with Crippen molar-refractivity contribution in [2.75, 3.05) is 13.1 Å². The molecule has 2 aliphatic heterocycles. The standard InChI is InChI=1S/C12H11BrF3NO.C10H12BrN/c1-7-5-17(11(18)12(14,15)16)6-8-4-9(13)2-3-10(7)8;1-7-5-12-6-8-4-9(11)2-3-10(7)8/h2-4,7H,5-6H2,1H3;2-4,7,12H,5-6H2,1H3. The Morgan fingerprint density at radius 3 is 2.17 bits per heavy atom. The minimum absolute atomic E-state index is 0.0114. The van der Waals surface area contributed by atoms with Crippen molar-refractivity contribution in [1.29, 1.82) is 0 Å². The van der Waals surface area contributed by atoms with Crippen LogP contribution in [0.15, 0.2) is 45.3 Å². The van der Waals surface area contributed by atoms with E-state index in [4.69, 9.17) is 0 Å². The fourth-order valence-corrected chi connectivity index (χ4v) is 4.78. The minimum Gasteiger partial charge on any atom is -0.330 e. The molecule has 0 radical (unpaired) electrons. The summed E-state index contributed by atoms with van der Waals surface area (Å²) in [6.45, 7) is 6.32. The van der Waals surface area contributed by atoms with Crippen LogP contribution < -0.4 is 5.32 Å². The normalized spacial score (nSPS) is 20.6. The van der Waals surface area contributed by atoms with Gasteiger partial charge in [0, 0.05) is 35.1 Å². The molecule has 2 aromatic carbocycles. The Bertz CT molecular complexity index is 933. The van der Waals surface area contributed by atoms with Gasteiger partial charge in [-0.05, 0) is 58.4 Å². The Morgan fingerprint density at radius 2 is 1.57 bits per heavy atom. The van der Waals surface area contributed by atoms with Crippen LogP contribution in [0.5, 0.6) is 0 Å². The molecule has 2 unspecified atom stereocenters. The van der Waals surface area contributed by atoms with E-state index in [-0.39, 0.29) is 19.0 Å². The molecule has 2 heterocycles. The number of hydrogen-bond acceptors (Lipinski definition) is 2. The van der Waals surface area contributed by atoms with Gasteiger partial charge in [-0.15, -0.1) is 0 Å². The summed E-state index contributed by atoms with van der Waals surface area (Å²) in [7, 11) is 0. The minimum atomic E-state index is -4.80. The van der Waals surface area contributed by atoms with E-state index in [2.05, 4.69) is 62.3 Å². The molecule has 0 fully saturated rings. The average molecular weight is 548 g/mol. The van der Waals surface area contributed by atoms with Gasteiger partial charge in [-0.25, -0.2) is 0 Å². The second-order valence-corrected chi connectivity index (χ2v) is 9.63. The topological polar surface area (TPSA) is 32.3 Å². The maximum Gasteiger partial charge on any atom is 0.471 e. The van der Waals surface area contributed by atoms with Crippen molar-refractivity contribution in [3.8, 4) is 0 Å². The van der Waals surface area contributed by atoms with Crippen molar-refractivity contribution >= 4 is 37.8 Å². The van der Waals surface area contributed by atoms with Crippen molar-refractivity contribution in [2.24, 2.45) is 0 Å².